The lowest BCUT2D eigenvalue weighted by atomic mass is 9.85. The van der Waals surface area contributed by atoms with Gasteiger partial charge in [0.05, 0.1) is 0 Å². The Morgan fingerprint density at radius 1 is 0.245 bits per heavy atom. The number of hydrogen-bond acceptors (Lipinski definition) is 1. The maximum absolute atomic E-state index is 6.63. The molecule has 0 unspecified atom stereocenters. The van der Waals surface area contributed by atoms with E-state index in [1.165, 1.54) is 87.6 Å². The molecule has 0 radical (unpaired) electrons. The van der Waals surface area contributed by atoms with E-state index in [2.05, 4.69) is 194 Å². The van der Waals surface area contributed by atoms with Crippen LogP contribution in [0.25, 0.3) is 110 Å². The molecule has 1 aromatic heterocycles. The molecule has 246 valence electrons. The first-order valence-electron chi connectivity index (χ1n) is 18.3. The quantitative estimate of drug-likeness (QED) is 0.134. The highest BCUT2D eigenvalue weighted by molar-refractivity contribution is 6.30. The van der Waals surface area contributed by atoms with Crippen molar-refractivity contribution in [2.75, 3.05) is 0 Å². The molecule has 1 nitrogen and oxygen atoms in total. The van der Waals surface area contributed by atoms with Crippen molar-refractivity contribution in [2.24, 2.45) is 0 Å². The monoisotopic (exact) mass is 672 g/mol. The Hall–Kier alpha value is -6.96. The molecular formula is C52H32O. The SMILES string of the molecule is c1ccc(-c2cccc(-c3c4ccccc4c(-c4cccc(-c5ccc6oc7c8ccccc8c8ccccc8c7c6c5)c4)c4ccccc34)c2)cc1. The van der Waals surface area contributed by atoms with Crippen LogP contribution in [0.5, 0.6) is 0 Å². The molecule has 0 spiro atoms. The predicted octanol–water partition coefficient (Wildman–Crippen LogP) is 14.9. The Morgan fingerprint density at radius 2 is 0.660 bits per heavy atom. The lowest BCUT2D eigenvalue weighted by Gasteiger charge is -2.18. The van der Waals surface area contributed by atoms with Gasteiger partial charge >= 0.3 is 0 Å². The van der Waals surface area contributed by atoms with E-state index >= 15 is 0 Å². The number of rotatable bonds is 4. The van der Waals surface area contributed by atoms with Crippen molar-refractivity contribution in [2.45, 2.75) is 0 Å². The first-order valence-corrected chi connectivity index (χ1v) is 18.3. The average Bonchev–Trinajstić information content (AvgIpc) is 3.63. The number of fused-ring (bicyclic) bond motifs is 10. The van der Waals surface area contributed by atoms with Crippen LogP contribution in [0, 0.1) is 0 Å². The molecular weight excluding hydrogens is 641 g/mol. The van der Waals surface area contributed by atoms with Crippen molar-refractivity contribution in [3.8, 4) is 44.5 Å². The van der Waals surface area contributed by atoms with Gasteiger partial charge in [-0.2, -0.15) is 0 Å². The number of furan rings is 1. The molecule has 0 bridgehead atoms. The lowest BCUT2D eigenvalue weighted by Crippen LogP contribution is -1.91. The van der Waals surface area contributed by atoms with Gasteiger partial charge in [-0.15, -0.1) is 0 Å². The van der Waals surface area contributed by atoms with Crippen LogP contribution in [-0.2, 0) is 0 Å². The molecule has 0 saturated heterocycles. The van der Waals surface area contributed by atoms with Crippen LogP contribution in [0.1, 0.15) is 0 Å². The fourth-order valence-corrected chi connectivity index (χ4v) is 8.68. The zero-order valence-electron chi connectivity index (χ0n) is 28.9. The average molecular weight is 673 g/mol. The summed E-state index contributed by atoms with van der Waals surface area (Å²) in [6.45, 7) is 0. The van der Waals surface area contributed by atoms with Gasteiger partial charge in [0.25, 0.3) is 0 Å². The second-order valence-corrected chi connectivity index (χ2v) is 14.0. The van der Waals surface area contributed by atoms with E-state index in [0.29, 0.717) is 0 Å². The third-order valence-electron chi connectivity index (χ3n) is 11.0. The Morgan fingerprint density at radius 3 is 1.25 bits per heavy atom. The topological polar surface area (TPSA) is 13.1 Å². The van der Waals surface area contributed by atoms with Crippen LogP contribution in [0.2, 0.25) is 0 Å². The summed E-state index contributed by atoms with van der Waals surface area (Å²) in [6.07, 6.45) is 0. The van der Waals surface area contributed by atoms with Crippen LogP contribution >= 0.6 is 0 Å². The number of benzene rings is 10. The molecule has 1 heterocycles. The molecule has 0 amide bonds. The maximum Gasteiger partial charge on any atom is 0.143 e. The summed E-state index contributed by atoms with van der Waals surface area (Å²) in [4.78, 5) is 0. The molecule has 53 heavy (non-hydrogen) atoms. The summed E-state index contributed by atoms with van der Waals surface area (Å²) in [7, 11) is 0. The van der Waals surface area contributed by atoms with Gasteiger partial charge in [-0.3, -0.25) is 0 Å². The zero-order chi connectivity index (χ0) is 34.9. The van der Waals surface area contributed by atoms with Crippen molar-refractivity contribution in [1.82, 2.24) is 0 Å². The highest BCUT2D eigenvalue weighted by Crippen LogP contribution is 2.46. The third kappa shape index (κ3) is 4.64. The van der Waals surface area contributed by atoms with Crippen molar-refractivity contribution in [3.63, 3.8) is 0 Å². The Balaban J connectivity index is 1.11. The molecule has 0 atom stereocenters. The molecule has 0 N–H and O–H groups in total. The summed E-state index contributed by atoms with van der Waals surface area (Å²) < 4.78 is 6.63. The van der Waals surface area contributed by atoms with Gasteiger partial charge in [-0.25, -0.2) is 0 Å². The molecule has 10 aromatic carbocycles. The highest BCUT2D eigenvalue weighted by Gasteiger charge is 2.19. The molecule has 0 aliphatic heterocycles. The van der Waals surface area contributed by atoms with Gasteiger partial charge in [0.1, 0.15) is 11.2 Å². The van der Waals surface area contributed by atoms with Gasteiger partial charge in [0, 0.05) is 16.2 Å². The molecule has 0 saturated carbocycles. The molecule has 0 aliphatic rings. The van der Waals surface area contributed by atoms with E-state index in [-0.39, 0.29) is 0 Å². The van der Waals surface area contributed by atoms with Crippen molar-refractivity contribution < 1.29 is 4.42 Å². The second-order valence-electron chi connectivity index (χ2n) is 14.0. The predicted molar refractivity (Wildman–Crippen MR) is 225 cm³/mol. The fraction of sp³-hybridized carbons (Fsp3) is 0. The molecule has 11 rings (SSSR count). The highest BCUT2D eigenvalue weighted by atomic mass is 16.3. The van der Waals surface area contributed by atoms with Gasteiger partial charge in [-0.1, -0.05) is 170 Å². The first kappa shape index (κ1) is 29.7. The van der Waals surface area contributed by atoms with Crippen LogP contribution < -0.4 is 0 Å². The summed E-state index contributed by atoms with van der Waals surface area (Å²) in [5.41, 5.74) is 11.6. The van der Waals surface area contributed by atoms with E-state index < -0.39 is 0 Å². The maximum atomic E-state index is 6.63. The Labute approximate surface area is 307 Å². The van der Waals surface area contributed by atoms with Crippen molar-refractivity contribution in [1.29, 1.82) is 0 Å². The zero-order valence-corrected chi connectivity index (χ0v) is 28.9. The Bertz CT molecular complexity index is 3160. The molecule has 0 fully saturated rings. The van der Waals surface area contributed by atoms with Crippen molar-refractivity contribution in [3.05, 3.63) is 194 Å². The van der Waals surface area contributed by atoms with Crippen LogP contribution in [0.15, 0.2) is 199 Å². The van der Waals surface area contributed by atoms with Crippen LogP contribution in [0.3, 0.4) is 0 Å². The largest absolute Gasteiger partial charge is 0.455 e. The minimum atomic E-state index is 0.908. The minimum absolute atomic E-state index is 0.908. The summed E-state index contributed by atoms with van der Waals surface area (Å²) in [6, 6.07) is 70.4. The standard InChI is InChI=1S/C52H32O/c1-2-14-33(15-3-1)34-16-12-18-37(30-34)49-42-23-7-9-25-44(42)50(45-26-10-8-24-43(45)49)38-19-13-17-35(31-38)36-28-29-48-47(32-36)51-41-22-6-4-20-39(41)40-21-5-11-27-46(40)52(51)53-48/h1-32H. The molecule has 1 heteroatoms. The second kappa shape index (κ2) is 11.8. The molecule has 11 aromatic rings. The summed E-state index contributed by atoms with van der Waals surface area (Å²) in [5, 5.41) is 12.2. The van der Waals surface area contributed by atoms with E-state index in [1.807, 2.05) is 0 Å². The number of hydrogen-bond donors (Lipinski definition) is 0. The van der Waals surface area contributed by atoms with E-state index in [4.69, 9.17) is 4.42 Å². The molecule has 0 aliphatic carbocycles. The van der Waals surface area contributed by atoms with Crippen molar-refractivity contribution >= 4 is 65.0 Å². The van der Waals surface area contributed by atoms with Gasteiger partial charge < -0.3 is 4.42 Å². The third-order valence-corrected chi connectivity index (χ3v) is 11.0. The lowest BCUT2D eigenvalue weighted by molar-refractivity contribution is 0.673. The Kier molecular flexibility index (Phi) is 6.62. The van der Waals surface area contributed by atoms with Gasteiger partial charge in [0.15, 0.2) is 0 Å². The van der Waals surface area contributed by atoms with E-state index in [1.54, 1.807) is 0 Å². The van der Waals surface area contributed by atoms with Gasteiger partial charge in [-0.05, 0) is 106 Å². The van der Waals surface area contributed by atoms with Gasteiger partial charge in [0.2, 0.25) is 0 Å². The fourth-order valence-electron chi connectivity index (χ4n) is 8.68. The first-order chi connectivity index (χ1) is 26.3. The van der Waals surface area contributed by atoms with E-state index in [9.17, 15) is 0 Å². The van der Waals surface area contributed by atoms with E-state index in [0.717, 1.165) is 21.9 Å². The smallest absolute Gasteiger partial charge is 0.143 e. The normalized spacial score (nSPS) is 11.8. The van der Waals surface area contributed by atoms with Crippen LogP contribution in [-0.4, -0.2) is 0 Å². The van der Waals surface area contributed by atoms with Crippen LogP contribution in [0.4, 0.5) is 0 Å². The summed E-state index contributed by atoms with van der Waals surface area (Å²) >= 11 is 0. The summed E-state index contributed by atoms with van der Waals surface area (Å²) in [5.74, 6) is 0. The minimum Gasteiger partial charge on any atom is -0.455 e.